The van der Waals surface area contributed by atoms with Gasteiger partial charge >= 0.3 is 0 Å². The molecule has 2 aromatic rings. The first-order chi connectivity index (χ1) is 8.11. The summed E-state index contributed by atoms with van der Waals surface area (Å²) in [6, 6.07) is 1.89. The van der Waals surface area contributed by atoms with E-state index in [-0.39, 0.29) is 5.38 Å². The molecule has 0 aliphatic heterocycles. The SMILES string of the molecule is CCc1nnc(C)cc1-c1nnc(C(C)Cl)o1. The van der Waals surface area contributed by atoms with Crippen molar-refractivity contribution in [1.82, 2.24) is 20.4 Å². The minimum atomic E-state index is -0.294. The predicted molar refractivity (Wildman–Crippen MR) is 63.7 cm³/mol. The molecule has 1 unspecified atom stereocenters. The standard InChI is InChI=1S/C11H13ClN4O/c1-4-9-8(5-6(2)13-14-9)11-16-15-10(17-11)7(3)12/h5,7H,4H2,1-3H3. The van der Waals surface area contributed by atoms with Crippen LogP contribution in [0.4, 0.5) is 0 Å². The largest absolute Gasteiger partial charge is 0.419 e. The second kappa shape index (κ2) is 4.79. The zero-order valence-electron chi connectivity index (χ0n) is 9.94. The fourth-order valence-corrected chi connectivity index (χ4v) is 1.55. The summed E-state index contributed by atoms with van der Waals surface area (Å²) in [6.07, 6.45) is 0.761. The molecule has 2 aromatic heterocycles. The average molecular weight is 253 g/mol. The minimum Gasteiger partial charge on any atom is -0.419 e. The molecule has 5 nitrogen and oxygen atoms in total. The van der Waals surface area contributed by atoms with Gasteiger partial charge in [0.2, 0.25) is 11.8 Å². The second-order valence-corrected chi connectivity index (χ2v) is 4.42. The van der Waals surface area contributed by atoms with Crippen LogP contribution in [0.15, 0.2) is 10.5 Å². The highest BCUT2D eigenvalue weighted by atomic mass is 35.5. The van der Waals surface area contributed by atoms with E-state index in [0.29, 0.717) is 11.8 Å². The molecule has 2 heterocycles. The van der Waals surface area contributed by atoms with Gasteiger partial charge in [-0.15, -0.1) is 21.8 Å². The fourth-order valence-electron chi connectivity index (χ4n) is 1.46. The van der Waals surface area contributed by atoms with E-state index in [2.05, 4.69) is 20.4 Å². The van der Waals surface area contributed by atoms with E-state index in [4.69, 9.17) is 16.0 Å². The summed E-state index contributed by atoms with van der Waals surface area (Å²) in [5.74, 6) is 0.862. The Labute approximate surface area is 104 Å². The van der Waals surface area contributed by atoms with Gasteiger partial charge in [0.15, 0.2) is 0 Å². The number of alkyl halides is 1. The number of aromatic nitrogens is 4. The monoisotopic (exact) mass is 252 g/mol. The van der Waals surface area contributed by atoms with Crippen molar-refractivity contribution in [2.24, 2.45) is 0 Å². The van der Waals surface area contributed by atoms with Crippen molar-refractivity contribution in [3.8, 4) is 11.5 Å². The average Bonchev–Trinajstić information content (AvgIpc) is 2.78. The van der Waals surface area contributed by atoms with Crippen LogP contribution in [0.25, 0.3) is 11.5 Å². The van der Waals surface area contributed by atoms with E-state index in [0.717, 1.165) is 23.4 Å². The van der Waals surface area contributed by atoms with Gasteiger partial charge in [0, 0.05) is 0 Å². The summed E-state index contributed by atoms with van der Waals surface area (Å²) in [7, 11) is 0. The fraction of sp³-hybridized carbons (Fsp3) is 0.455. The topological polar surface area (TPSA) is 64.7 Å². The summed E-state index contributed by atoms with van der Waals surface area (Å²) in [4.78, 5) is 0. The number of nitrogens with zero attached hydrogens (tertiary/aromatic N) is 4. The number of aryl methyl sites for hydroxylation is 2. The first-order valence-electron chi connectivity index (χ1n) is 5.42. The van der Waals surface area contributed by atoms with E-state index in [1.165, 1.54) is 0 Å². The minimum absolute atomic E-state index is 0.294. The maximum Gasteiger partial charge on any atom is 0.249 e. The molecule has 0 saturated heterocycles. The van der Waals surface area contributed by atoms with Gasteiger partial charge in [-0.3, -0.25) is 0 Å². The Morgan fingerprint density at radius 3 is 2.65 bits per heavy atom. The highest BCUT2D eigenvalue weighted by Crippen LogP contribution is 2.25. The predicted octanol–water partition coefficient (Wildman–Crippen LogP) is 2.70. The zero-order valence-corrected chi connectivity index (χ0v) is 10.7. The van der Waals surface area contributed by atoms with Gasteiger partial charge in [-0.25, -0.2) is 0 Å². The molecule has 0 aliphatic rings. The van der Waals surface area contributed by atoms with E-state index >= 15 is 0 Å². The van der Waals surface area contributed by atoms with Gasteiger partial charge in [0.05, 0.1) is 17.0 Å². The Morgan fingerprint density at radius 2 is 2.06 bits per heavy atom. The second-order valence-electron chi connectivity index (χ2n) is 3.76. The molecule has 1 atom stereocenters. The van der Waals surface area contributed by atoms with Crippen LogP contribution in [-0.2, 0) is 6.42 Å². The van der Waals surface area contributed by atoms with Crippen LogP contribution >= 0.6 is 11.6 Å². The van der Waals surface area contributed by atoms with Crippen molar-refractivity contribution in [2.75, 3.05) is 0 Å². The molecule has 0 aliphatic carbocycles. The summed E-state index contributed by atoms with van der Waals surface area (Å²) in [5.41, 5.74) is 2.49. The highest BCUT2D eigenvalue weighted by Gasteiger charge is 2.16. The van der Waals surface area contributed by atoms with Crippen molar-refractivity contribution < 1.29 is 4.42 Å². The normalized spacial score (nSPS) is 12.7. The van der Waals surface area contributed by atoms with E-state index in [9.17, 15) is 0 Å². The third kappa shape index (κ3) is 2.44. The van der Waals surface area contributed by atoms with Crippen molar-refractivity contribution in [1.29, 1.82) is 0 Å². The van der Waals surface area contributed by atoms with Gasteiger partial charge in [-0.1, -0.05) is 6.92 Å². The Bertz CT molecular complexity index is 524. The van der Waals surface area contributed by atoms with Gasteiger partial charge in [-0.05, 0) is 26.3 Å². The quantitative estimate of drug-likeness (QED) is 0.786. The molecule has 17 heavy (non-hydrogen) atoms. The lowest BCUT2D eigenvalue weighted by Crippen LogP contribution is -1.97. The number of hydrogen-bond acceptors (Lipinski definition) is 5. The maximum atomic E-state index is 5.88. The van der Waals surface area contributed by atoms with Crippen LogP contribution in [0.2, 0.25) is 0 Å². The number of hydrogen-bond donors (Lipinski definition) is 0. The van der Waals surface area contributed by atoms with Crippen molar-refractivity contribution in [3.63, 3.8) is 0 Å². The third-order valence-corrected chi connectivity index (χ3v) is 2.53. The highest BCUT2D eigenvalue weighted by molar-refractivity contribution is 6.20. The van der Waals surface area contributed by atoms with Crippen LogP contribution in [0.3, 0.4) is 0 Å². The maximum absolute atomic E-state index is 5.88. The van der Waals surface area contributed by atoms with Crippen LogP contribution < -0.4 is 0 Å². The Morgan fingerprint density at radius 1 is 1.29 bits per heavy atom. The summed E-state index contributed by atoms with van der Waals surface area (Å²) < 4.78 is 5.51. The molecule has 0 fully saturated rings. The summed E-state index contributed by atoms with van der Waals surface area (Å²) in [6.45, 7) is 5.66. The first-order valence-corrected chi connectivity index (χ1v) is 5.86. The Hall–Kier alpha value is -1.49. The molecule has 0 bridgehead atoms. The molecule has 0 amide bonds. The molecule has 6 heteroatoms. The van der Waals surface area contributed by atoms with Gasteiger partial charge in [-0.2, -0.15) is 10.2 Å². The lowest BCUT2D eigenvalue weighted by molar-refractivity contribution is 0.506. The van der Waals surface area contributed by atoms with Crippen molar-refractivity contribution in [3.05, 3.63) is 23.3 Å². The van der Waals surface area contributed by atoms with E-state index in [1.54, 1.807) is 6.92 Å². The summed E-state index contributed by atoms with van der Waals surface area (Å²) in [5, 5.41) is 15.7. The van der Waals surface area contributed by atoms with E-state index in [1.807, 2.05) is 19.9 Å². The molecule has 0 aromatic carbocycles. The molecule has 0 saturated carbocycles. The van der Waals surface area contributed by atoms with Gasteiger partial charge < -0.3 is 4.42 Å². The Kier molecular flexibility index (Phi) is 3.38. The lowest BCUT2D eigenvalue weighted by Gasteiger charge is -2.02. The molecule has 90 valence electrons. The summed E-state index contributed by atoms with van der Waals surface area (Å²) >= 11 is 5.88. The lowest BCUT2D eigenvalue weighted by atomic mass is 10.1. The van der Waals surface area contributed by atoms with Crippen LogP contribution in [0, 0.1) is 6.92 Å². The zero-order chi connectivity index (χ0) is 12.4. The number of halogens is 1. The van der Waals surface area contributed by atoms with Crippen molar-refractivity contribution in [2.45, 2.75) is 32.6 Å². The molecule has 0 spiro atoms. The molecule has 0 radical (unpaired) electrons. The smallest absolute Gasteiger partial charge is 0.249 e. The molecular weight excluding hydrogens is 240 g/mol. The van der Waals surface area contributed by atoms with Crippen LogP contribution in [0.1, 0.15) is 36.5 Å². The third-order valence-electron chi connectivity index (χ3n) is 2.34. The van der Waals surface area contributed by atoms with Gasteiger partial charge in [0.1, 0.15) is 5.38 Å². The van der Waals surface area contributed by atoms with Crippen LogP contribution in [-0.4, -0.2) is 20.4 Å². The van der Waals surface area contributed by atoms with E-state index < -0.39 is 0 Å². The first kappa shape index (κ1) is 12.0. The van der Waals surface area contributed by atoms with Crippen molar-refractivity contribution >= 4 is 11.6 Å². The van der Waals surface area contributed by atoms with Gasteiger partial charge in [0.25, 0.3) is 0 Å². The Balaban J connectivity index is 2.47. The molecule has 2 rings (SSSR count). The molecular formula is C11H13ClN4O. The van der Waals surface area contributed by atoms with Crippen LogP contribution in [0.5, 0.6) is 0 Å². The molecule has 0 N–H and O–H groups in total. The number of rotatable bonds is 3.